The fraction of sp³-hybridized carbons (Fsp3) is 0.500. The molecular weight excluding hydrogens is 296 g/mol. The van der Waals surface area contributed by atoms with Crippen LogP contribution in [0.4, 0.5) is 0 Å². The smallest absolute Gasteiger partial charge is 0.328 e. The average Bonchev–Trinajstić information content (AvgIpc) is 2.43. The van der Waals surface area contributed by atoms with E-state index in [1.54, 1.807) is 6.92 Å². The Morgan fingerprint density at radius 3 is 2.17 bits per heavy atom. The quantitative estimate of drug-likeness (QED) is 0.479. The molecule has 1 aliphatic rings. The SMILES string of the molecule is CC1=C(/C=C/C(C)=C\C=C\C(C)=C\C(=O)O)C(C)(C)CCC1(C)C. The number of hydrogen-bond donors (Lipinski definition) is 1. The minimum absolute atomic E-state index is 0.215. The van der Waals surface area contributed by atoms with Gasteiger partial charge in [-0.25, -0.2) is 4.79 Å². The van der Waals surface area contributed by atoms with Crippen LogP contribution in [0.25, 0.3) is 0 Å². The van der Waals surface area contributed by atoms with Crippen LogP contribution in [-0.4, -0.2) is 11.1 Å². The summed E-state index contributed by atoms with van der Waals surface area (Å²) in [6.07, 6.45) is 13.8. The fourth-order valence-corrected chi connectivity index (χ4v) is 3.03. The second kappa shape index (κ2) is 7.83. The van der Waals surface area contributed by atoms with E-state index < -0.39 is 5.97 Å². The van der Waals surface area contributed by atoms with Crippen LogP contribution < -0.4 is 0 Å². The molecule has 0 atom stereocenters. The highest BCUT2D eigenvalue weighted by Gasteiger charge is 2.35. The predicted octanol–water partition coefficient (Wildman–Crippen LogP) is 6.24. The second-order valence-corrected chi connectivity index (χ2v) is 8.14. The molecule has 1 aliphatic carbocycles. The number of rotatable bonds is 5. The molecule has 0 radical (unpaired) electrons. The zero-order valence-electron chi connectivity index (χ0n) is 16.2. The molecule has 0 aliphatic heterocycles. The Balaban J connectivity index is 2.96. The average molecular weight is 328 g/mol. The van der Waals surface area contributed by atoms with Crippen molar-refractivity contribution >= 4 is 5.97 Å². The lowest BCUT2D eigenvalue weighted by molar-refractivity contribution is -0.131. The van der Waals surface area contributed by atoms with E-state index in [4.69, 9.17) is 5.11 Å². The molecule has 0 heterocycles. The Bertz CT molecular complexity index is 635. The molecule has 132 valence electrons. The first kappa shape index (κ1) is 20.2. The van der Waals surface area contributed by atoms with Gasteiger partial charge >= 0.3 is 5.97 Å². The molecule has 1 N–H and O–H groups in total. The van der Waals surface area contributed by atoms with E-state index >= 15 is 0 Å². The fourth-order valence-electron chi connectivity index (χ4n) is 3.03. The Morgan fingerprint density at radius 2 is 1.58 bits per heavy atom. The molecule has 0 saturated carbocycles. The molecule has 1 rings (SSSR count). The number of carbonyl (C=O) groups is 1. The lowest BCUT2D eigenvalue weighted by Crippen LogP contribution is -2.29. The summed E-state index contributed by atoms with van der Waals surface area (Å²) in [5.74, 6) is -0.915. The first-order valence-electron chi connectivity index (χ1n) is 8.62. The minimum atomic E-state index is -0.915. The van der Waals surface area contributed by atoms with Gasteiger partial charge in [0, 0.05) is 6.08 Å². The van der Waals surface area contributed by atoms with Gasteiger partial charge in [0.15, 0.2) is 0 Å². The van der Waals surface area contributed by atoms with Crippen molar-refractivity contribution < 1.29 is 9.90 Å². The first-order valence-corrected chi connectivity index (χ1v) is 8.62. The Hall–Kier alpha value is -1.83. The molecule has 0 aromatic heterocycles. The van der Waals surface area contributed by atoms with Gasteiger partial charge in [-0.3, -0.25) is 0 Å². The van der Waals surface area contributed by atoms with E-state index in [-0.39, 0.29) is 10.8 Å². The van der Waals surface area contributed by atoms with E-state index in [9.17, 15) is 4.79 Å². The highest BCUT2D eigenvalue weighted by atomic mass is 16.4. The van der Waals surface area contributed by atoms with Crippen molar-refractivity contribution in [3.63, 3.8) is 0 Å². The number of carboxylic acids is 1. The second-order valence-electron chi connectivity index (χ2n) is 8.14. The molecule has 2 nitrogen and oxygen atoms in total. The highest BCUT2D eigenvalue weighted by molar-refractivity contribution is 5.81. The van der Waals surface area contributed by atoms with Gasteiger partial charge in [-0.1, -0.05) is 69.2 Å². The monoisotopic (exact) mass is 328 g/mol. The molecule has 0 aromatic rings. The molecule has 0 saturated heterocycles. The molecule has 0 fully saturated rings. The predicted molar refractivity (Wildman–Crippen MR) is 103 cm³/mol. The van der Waals surface area contributed by atoms with Crippen LogP contribution in [0.3, 0.4) is 0 Å². The van der Waals surface area contributed by atoms with Gasteiger partial charge in [-0.2, -0.15) is 0 Å². The standard InChI is InChI=1S/C22H32O2/c1-16(9-8-10-17(2)15-20(23)24)11-12-19-18(3)21(4,5)13-14-22(19,6)7/h8-12,15H,13-14H2,1-7H3,(H,23,24)/b10-8+,12-11+,16-9-,17-15+. The van der Waals surface area contributed by atoms with E-state index in [2.05, 4.69) is 53.7 Å². The highest BCUT2D eigenvalue weighted by Crippen LogP contribution is 2.48. The van der Waals surface area contributed by atoms with Gasteiger partial charge in [0.25, 0.3) is 0 Å². The molecule has 0 spiro atoms. The lowest BCUT2D eigenvalue weighted by Gasteiger charge is -2.42. The topological polar surface area (TPSA) is 37.3 Å². The van der Waals surface area contributed by atoms with Gasteiger partial charge in [0.2, 0.25) is 0 Å². The van der Waals surface area contributed by atoms with Gasteiger partial charge in [0.05, 0.1) is 0 Å². The Labute approximate surface area is 147 Å². The molecule has 0 bridgehead atoms. The van der Waals surface area contributed by atoms with Crippen LogP contribution >= 0.6 is 0 Å². The number of aliphatic carboxylic acids is 1. The number of hydrogen-bond acceptors (Lipinski definition) is 1. The van der Waals surface area contributed by atoms with Crippen molar-refractivity contribution in [3.8, 4) is 0 Å². The zero-order valence-corrected chi connectivity index (χ0v) is 16.2. The first-order chi connectivity index (χ1) is 11.0. The van der Waals surface area contributed by atoms with E-state index in [0.717, 1.165) is 11.1 Å². The summed E-state index contributed by atoms with van der Waals surface area (Å²) in [6.45, 7) is 15.4. The molecule has 2 heteroatoms. The number of allylic oxidation sites excluding steroid dienone is 9. The molecule has 0 aromatic carbocycles. The Morgan fingerprint density at radius 1 is 1.00 bits per heavy atom. The van der Waals surface area contributed by atoms with Crippen molar-refractivity contribution in [3.05, 3.63) is 58.7 Å². The van der Waals surface area contributed by atoms with Crippen LogP contribution in [0.5, 0.6) is 0 Å². The van der Waals surface area contributed by atoms with Crippen LogP contribution in [0.1, 0.15) is 61.3 Å². The summed E-state index contributed by atoms with van der Waals surface area (Å²) in [7, 11) is 0. The summed E-state index contributed by atoms with van der Waals surface area (Å²) in [5.41, 5.74) is 5.28. The summed E-state index contributed by atoms with van der Waals surface area (Å²) < 4.78 is 0. The van der Waals surface area contributed by atoms with Gasteiger partial charge in [0.1, 0.15) is 0 Å². The maximum atomic E-state index is 10.6. The van der Waals surface area contributed by atoms with Crippen LogP contribution in [0, 0.1) is 10.8 Å². The number of carboxylic acid groups (broad SMARTS) is 1. The zero-order chi connectivity index (χ0) is 18.5. The Kier molecular flexibility index (Phi) is 6.59. The van der Waals surface area contributed by atoms with Gasteiger partial charge < -0.3 is 5.11 Å². The maximum Gasteiger partial charge on any atom is 0.328 e. The van der Waals surface area contributed by atoms with Gasteiger partial charge in [-0.15, -0.1) is 0 Å². The van der Waals surface area contributed by atoms with E-state index in [1.807, 2.05) is 18.2 Å². The minimum Gasteiger partial charge on any atom is -0.478 e. The molecular formula is C22H32O2. The third-order valence-electron chi connectivity index (χ3n) is 5.11. The largest absolute Gasteiger partial charge is 0.478 e. The normalized spacial score (nSPS) is 21.8. The molecule has 24 heavy (non-hydrogen) atoms. The lowest BCUT2D eigenvalue weighted by atomic mass is 9.63. The third-order valence-corrected chi connectivity index (χ3v) is 5.11. The third kappa shape index (κ3) is 5.67. The van der Waals surface area contributed by atoms with Crippen molar-refractivity contribution in [2.75, 3.05) is 0 Å². The summed E-state index contributed by atoms with van der Waals surface area (Å²) in [5, 5.41) is 8.70. The molecule has 0 amide bonds. The maximum absolute atomic E-state index is 10.6. The van der Waals surface area contributed by atoms with Crippen molar-refractivity contribution in [1.29, 1.82) is 0 Å². The van der Waals surface area contributed by atoms with Crippen molar-refractivity contribution in [2.45, 2.75) is 61.3 Å². The van der Waals surface area contributed by atoms with Crippen LogP contribution in [0.15, 0.2) is 58.7 Å². The summed E-state index contributed by atoms with van der Waals surface area (Å²) in [6, 6.07) is 0. The van der Waals surface area contributed by atoms with Gasteiger partial charge in [-0.05, 0) is 55.6 Å². The summed E-state index contributed by atoms with van der Waals surface area (Å²) in [4.78, 5) is 10.6. The van der Waals surface area contributed by atoms with Crippen molar-refractivity contribution in [1.82, 2.24) is 0 Å². The summed E-state index contributed by atoms with van der Waals surface area (Å²) >= 11 is 0. The van der Waals surface area contributed by atoms with E-state index in [1.165, 1.54) is 30.1 Å². The van der Waals surface area contributed by atoms with Crippen LogP contribution in [0.2, 0.25) is 0 Å². The van der Waals surface area contributed by atoms with E-state index in [0.29, 0.717) is 0 Å². The molecule has 0 unspecified atom stereocenters. The van der Waals surface area contributed by atoms with Crippen LogP contribution in [-0.2, 0) is 4.79 Å². The van der Waals surface area contributed by atoms with Crippen molar-refractivity contribution in [2.24, 2.45) is 10.8 Å².